The average Bonchev–Trinajstić information content (AvgIpc) is 3.40. The number of rotatable bonds is 5. The Kier molecular flexibility index (Phi) is 5.60. The molecule has 0 bridgehead atoms. The molecule has 4 rings (SSSR count). The van der Waals surface area contributed by atoms with Gasteiger partial charge >= 0.3 is 6.03 Å². The summed E-state index contributed by atoms with van der Waals surface area (Å²) in [6, 6.07) is 7.61. The van der Waals surface area contributed by atoms with Crippen LogP contribution in [-0.4, -0.2) is 46.0 Å². The molecule has 0 unspecified atom stereocenters. The number of halogens is 2. The van der Waals surface area contributed by atoms with Crippen molar-refractivity contribution in [3.05, 3.63) is 59.9 Å². The normalized spacial score (nSPS) is 13.6. The second-order valence-electron chi connectivity index (χ2n) is 7.15. The van der Waals surface area contributed by atoms with Crippen molar-refractivity contribution in [2.75, 3.05) is 25.0 Å². The van der Waals surface area contributed by atoms with E-state index in [-0.39, 0.29) is 18.1 Å². The van der Waals surface area contributed by atoms with Crippen molar-refractivity contribution in [1.29, 1.82) is 0 Å². The minimum Gasteiger partial charge on any atom is -0.339 e. The third kappa shape index (κ3) is 4.24. The van der Waals surface area contributed by atoms with E-state index in [4.69, 9.17) is 0 Å². The number of fused-ring (bicyclic) bond motifs is 1. The monoisotopic (exact) mass is 413 g/mol. The van der Waals surface area contributed by atoms with Gasteiger partial charge in [-0.05, 0) is 43.2 Å². The van der Waals surface area contributed by atoms with Crippen LogP contribution in [0.15, 0.2) is 42.7 Å². The lowest BCUT2D eigenvalue weighted by molar-refractivity contribution is 0.0793. The summed E-state index contributed by atoms with van der Waals surface area (Å²) in [5.41, 5.74) is 1.93. The van der Waals surface area contributed by atoms with Crippen molar-refractivity contribution < 1.29 is 18.4 Å². The number of amides is 3. The highest BCUT2D eigenvalue weighted by molar-refractivity contribution is 5.97. The molecule has 1 aliphatic rings. The number of benzene rings is 2. The van der Waals surface area contributed by atoms with Gasteiger partial charge in [0.25, 0.3) is 5.91 Å². The van der Waals surface area contributed by atoms with Crippen LogP contribution in [0.3, 0.4) is 0 Å². The third-order valence-corrected chi connectivity index (χ3v) is 5.08. The third-order valence-electron chi connectivity index (χ3n) is 5.08. The first-order valence-electron chi connectivity index (χ1n) is 9.75. The number of hydrogen-bond acceptors (Lipinski definition) is 3. The molecule has 0 spiro atoms. The first kappa shape index (κ1) is 19.8. The average molecular weight is 413 g/mol. The van der Waals surface area contributed by atoms with E-state index in [1.54, 1.807) is 18.5 Å². The molecule has 0 aliphatic carbocycles. The van der Waals surface area contributed by atoms with E-state index >= 15 is 0 Å². The van der Waals surface area contributed by atoms with Crippen molar-refractivity contribution in [1.82, 2.24) is 19.8 Å². The van der Waals surface area contributed by atoms with Crippen LogP contribution in [0, 0.1) is 11.6 Å². The van der Waals surface area contributed by atoms with Gasteiger partial charge < -0.3 is 20.1 Å². The summed E-state index contributed by atoms with van der Waals surface area (Å²) in [7, 11) is 0. The predicted octanol–water partition coefficient (Wildman–Crippen LogP) is 3.37. The van der Waals surface area contributed by atoms with Gasteiger partial charge in [-0.2, -0.15) is 0 Å². The summed E-state index contributed by atoms with van der Waals surface area (Å²) in [4.78, 5) is 30.7. The lowest BCUT2D eigenvalue weighted by atomic mass is 10.1. The Morgan fingerprint density at radius 1 is 1.07 bits per heavy atom. The molecule has 2 N–H and O–H groups in total. The van der Waals surface area contributed by atoms with Crippen LogP contribution in [0.5, 0.6) is 0 Å². The number of carbonyl (C=O) groups is 2. The van der Waals surface area contributed by atoms with Gasteiger partial charge in [-0.15, -0.1) is 0 Å². The van der Waals surface area contributed by atoms with Gasteiger partial charge in [0.05, 0.1) is 23.0 Å². The molecule has 156 valence electrons. The molecule has 0 saturated carbocycles. The molecule has 1 aromatic heterocycles. The molecule has 3 aromatic rings. The van der Waals surface area contributed by atoms with E-state index in [9.17, 15) is 18.4 Å². The van der Waals surface area contributed by atoms with Gasteiger partial charge in [0.2, 0.25) is 0 Å². The number of nitrogens with zero attached hydrogens (tertiary/aromatic N) is 3. The first-order chi connectivity index (χ1) is 14.5. The highest BCUT2D eigenvalue weighted by Gasteiger charge is 2.20. The Balaban J connectivity index is 1.35. The maximum atomic E-state index is 13.6. The molecular weight excluding hydrogens is 392 g/mol. The number of anilines is 1. The first-order valence-corrected chi connectivity index (χ1v) is 9.75. The zero-order valence-electron chi connectivity index (χ0n) is 16.2. The maximum Gasteiger partial charge on any atom is 0.319 e. The van der Waals surface area contributed by atoms with Crippen LogP contribution in [0.1, 0.15) is 23.2 Å². The van der Waals surface area contributed by atoms with E-state index < -0.39 is 17.7 Å². The Hall–Kier alpha value is -3.49. The maximum absolute atomic E-state index is 13.6. The number of likely N-dealkylation sites (tertiary alicyclic amines) is 1. The molecule has 30 heavy (non-hydrogen) atoms. The lowest BCUT2D eigenvalue weighted by Crippen LogP contribution is -2.31. The van der Waals surface area contributed by atoms with E-state index in [2.05, 4.69) is 15.6 Å². The SMILES string of the molecule is O=C(NCCn1cnc2cc(C(=O)N3CCCC3)ccc21)Nc1cc(F)ccc1F. The van der Waals surface area contributed by atoms with Crippen molar-refractivity contribution in [2.45, 2.75) is 19.4 Å². The van der Waals surface area contributed by atoms with Gasteiger partial charge in [-0.3, -0.25) is 4.79 Å². The summed E-state index contributed by atoms with van der Waals surface area (Å²) in [5, 5.41) is 4.88. The summed E-state index contributed by atoms with van der Waals surface area (Å²) in [5.74, 6) is -1.34. The summed E-state index contributed by atoms with van der Waals surface area (Å²) in [6.45, 7) is 2.26. The molecule has 2 heterocycles. The molecule has 1 saturated heterocycles. The minimum atomic E-state index is -0.716. The van der Waals surface area contributed by atoms with Gasteiger partial charge in [-0.25, -0.2) is 18.6 Å². The number of imidazole rings is 1. The summed E-state index contributed by atoms with van der Waals surface area (Å²) < 4.78 is 28.6. The van der Waals surface area contributed by atoms with Crippen LogP contribution >= 0.6 is 0 Å². The predicted molar refractivity (Wildman–Crippen MR) is 108 cm³/mol. The van der Waals surface area contributed by atoms with Crippen LogP contribution in [0.4, 0.5) is 19.3 Å². The zero-order chi connectivity index (χ0) is 21.1. The van der Waals surface area contributed by atoms with Crippen molar-refractivity contribution >= 4 is 28.7 Å². The van der Waals surface area contributed by atoms with Crippen LogP contribution in [-0.2, 0) is 6.54 Å². The van der Waals surface area contributed by atoms with Gasteiger partial charge in [-0.1, -0.05) is 0 Å². The Labute approximate surface area is 171 Å². The summed E-state index contributed by atoms with van der Waals surface area (Å²) in [6.07, 6.45) is 3.71. The number of hydrogen-bond donors (Lipinski definition) is 2. The molecule has 7 nitrogen and oxygen atoms in total. The Morgan fingerprint density at radius 3 is 2.67 bits per heavy atom. The second kappa shape index (κ2) is 8.48. The highest BCUT2D eigenvalue weighted by atomic mass is 19.1. The molecule has 1 aliphatic heterocycles. The van der Waals surface area contributed by atoms with E-state index in [1.807, 2.05) is 15.5 Å². The fourth-order valence-corrected chi connectivity index (χ4v) is 3.53. The molecule has 9 heteroatoms. The van der Waals surface area contributed by atoms with Crippen LogP contribution in [0.25, 0.3) is 11.0 Å². The molecule has 2 aromatic carbocycles. The molecule has 3 amide bonds. The van der Waals surface area contributed by atoms with Crippen LogP contribution in [0.2, 0.25) is 0 Å². The smallest absolute Gasteiger partial charge is 0.319 e. The fourth-order valence-electron chi connectivity index (χ4n) is 3.53. The quantitative estimate of drug-likeness (QED) is 0.673. The molecule has 0 atom stereocenters. The Morgan fingerprint density at radius 2 is 1.87 bits per heavy atom. The number of nitrogens with one attached hydrogen (secondary N) is 2. The van der Waals surface area contributed by atoms with E-state index in [0.29, 0.717) is 17.6 Å². The lowest BCUT2D eigenvalue weighted by Gasteiger charge is -2.15. The van der Waals surface area contributed by atoms with Gasteiger partial charge in [0.1, 0.15) is 11.6 Å². The number of carbonyl (C=O) groups excluding carboxylic acids is 2. The fraction of sp³-hybridized carbons (Fsp3) is 0.286. The minimum absolute atomic E-state index is 0.0202. The largest absolute Gasteiger partial charge is 0.339 e. The van der Waals surface area contributed by atoms with Crippen LogP contribution < -0.4 is 10.6 Å². The van der Waals surface area contributed by atoms with E-state index in [0.717, 1.165) is 49.6 Å². The summed E-state index contributed by atoms with van der Waals surface area (Å²) >= 11 is 0. The topological polar surface area (TPSA) is 79.3 Å². The van der Waals surface area contributed by atoms with Crippen molar-refractivity contribution in [3.63, 3.8) is 0 Å². The van der Waals surface area contributed by atoms with Gasteiger partial charge in [0.15, 0.2) is 0 Å². The Bertz CT molecular complexity index is 1090. The van der Waals surface area contributed by atoms with Gasteiger partial charge in [0, 0.05) is 37.8 Å². The zero-order valence-corrected chi connectivity index (χ0v) is 16.2. The highest BCUT2D eigenvalue weighted by Crippen LogP contribution is 2.19. The standard InChI is InChI=1S/C21H21F2N5O2/c22-15-4-5-16(23)17(12-15)26-21(30)24-7-10-28-13-25-18-11-14(3-6-19(18)28)20(29)27-8-1-2-9-27/h3-6,11-13H,1-2,7-10H2,(H2,24,26,30). The second-order valence-corrected chi connectivity index (χ2v) is 7.15. The number of urea groups is 1. The van der Waals surface area contributed by atoms with Crippen molar-refractivity contribution in [3.8, 4) is 0 Å². The molecular formula is C21H21F2N5O2. The molecule has 1 fully saturated rings. The number of aromatic nitrogens is 2. The van der Waals surface area contributed by atoms with Crippen molar-refractivity contribution in [2.24, 2.45) is 0 Å². The van der Waals surface area contributed by atoms with E-state index in [1.165, 1.54) is 0 Å². The molecule has 0 radical (unpaired) electrons.